The molecule has 0 saturated heterocycles. The molecule has 0 atom stereocenters. The van der Waals surface area contributed by atoms with Crippen molar-refractivity contribution in [3.8, 4) is 17.3 Å². The summed E-state index contributed by atoms with van der Waals surface area (Å²) in [6.45, 7) is -0.516. The maximum Gasteiger partial charge on any atom is 0.433 e. The SMILES string of the molecule is N#Cc1cc(NC(=O)c2cnn(Cc3cccc(F)c3Cl)c2C(F)(F)F)cnc1-c1ccoc1. The van der Waals surface area contributed by atoms with Crippen molar-refractivity contribution >= 4 is 23.2 Å². The van der Waals surface area contributed by atoms with Crippen LogP contribution in [0.4, 0.5) is 23.2 Å². The van der Waals surface area contributed by atoms with Gasteiger partial charge in [0.05, 0.1) is 59.0 Å². The maximum absolute atomic E-state index is 13.8. The Morgan fingerprint density at radius 3 is 2.74 bits per heavy atom. The zero-order valence-electron chi connectivity index (χ0n) is 16.9. The Hall–Kier alpha value is -4.17. The van der Waals surface area contributed by atoms with Gasteiger partial charge in [0.25, 0.3) is 5.91 Å². The van der Waals surface area contributed by atoms with Gasteiger partial charge < -0.3 is 9.73 Å². The van der Waals surface area contributed by atoms with Crippen LogP contribution < -0.4 is 5.32 Å². The molecule has 0 aliphatic carbocycles. The number of hydrogen-bond donors (Lipinski definition) is 1. The topological polar surface area (TPSA) is 96.7 Å². The minimum atomic E-state index is -4.95. The molecule has 0 spiro atoms. The fraction of sp³-hybridized carbons (Fsp3) is 0.0909. The van der Waals surface area contributed by atoms with Crippen LogP contribution in [-0.4, -0.2) is 20.7 Å². The molecule has 4 aromatic rings. The average Bonchev–Trinajstić information content (AvgIpc) is 3.47. The summed E-state index contributed by atoms with van der Waals surface area (Å²) in [5.41, 5.74) is -1.17. The third-order valence-electron chi connectivity index (χ3n) is 4.76. The molecule has 4 rings (SSSR count). The highest BCUT2D eigenvalue weighted by molar-refractivity contribution is 6.31. The second-order valence-electron chi connectivity index (χ2n) is 6.97. The summed E-state index contributed by atoms with van der Waals surface area (Å²) >= 11 is 5.85. The van der Waals surface area contributed by atoms with Gasteiger partial charge in [0.2, 0.25) is 0 Å². The molecule has 0 saturated carbocycles. The summed E-state index contributed by atoms with van der Waals surface area (Å²) in [4.78, 5) is 16.8. The lowest BCUT2D eigenvalue weighted by Gasteiger charge is -2.14. The highest BCUT2D eigenvalue weighted by Gasteiger charge is 2.40. The van der Waals surface area contributed by atoms with Crippen LogP contribution in [0.25, 0.3) is 11.3 Å². The van der Waals surface area contributed by atoms with Crippen molar-refractivity contribution < 1.29 is 26.8 Å². The number of carbonyl (C=O) groups is 1. The summed E-state index contributed by atoms with van der Waals surface area (Å²) in [7, 11) is 0. The molecule has 0 aliphatic rings. The molecule has 3 heterocycles. The van der Waals surface area contributed by atoms with E-state index in [1.165, 1.54) is 36.9 Å². The number of nitriles is 1. The number of nitrogens with one attached hydrogen (secondary N) is 1. The van der Waals surface area contributed by atoms with Crippen LogP contribution in [0, 0.1) is 17.1 Å². The van der Waals surface area contributed by atoms with Gasteiger partial charge in [-0.25, -0.2) is 4.39 Å². The van der Waals surface area contributed by atoms with E-state index in [-0.39, 0.29) is 27.5 Å². The first-order chi connectivity index (χ1) is 16.2. The predicted molar refractivity (Wildman–Crippen MR) is 112 cm³/mol. The molecule has 34 heavy (non-hydrogen) atoms. The minimum Gasteiger partial charge on any atom is -0.472 e. The van der Waals surface area contributed by atoms with Crippen LogP contribution in [0.5, 0.6) is 0 Å². The predicted octanol–water partition coefficient (Wildman–Crippen LogP) is 5.52. The minimum absolute atomic E-state index is 0.00263. The average molecular weight is 490 g/mol. The molecule has 7 nitrogen and oxygen atoms in total. The van der Waals surface area contributed by atoms with Crippen molar-refractivity contribution in [2.45, 2.75) is 12.7 Å². The number of benzene rings is 1. The fourth-order valence-corrected chi connectivity index (χ4v) is 3.43. The molecule has 0 aliphatic heterocycles. The Kier molecular flexibility index (Phi) is 6.08. The van der Waals surface area contributed by atoms with Gasteiger partial charge in [0.1, 0.15) is 11.9 Å². The first kappa shape index (κ1) is 23.0. The van der Waals surface area contributed by atoms with E-state index in [0.717, 1.165) is 12.3 Å². The van der Waals surface area contributed by atoms with Crippen molar-refractivity contribution in [3.05, 3.63) is 88.5 Å². The van der Waals surface area contributed by atoms with Crippen LogP contribution >= 0.6 is 11.6 Å². The van der Waals surface area contributed by atoms with Gasteiger partial charge in [-0.3, -0.25) is 14.5 Å². The number of aromatic nitrogens is 3. The summed E-state index contributed by atoms with van der Waals surface area (Å²) in [5.74, 6) is -1.91. The van der Waals surface area contributed by atoms with E-state index < -0.39 is 35.7 Å². The number of nitrogens with zero attached hydrogens (tertiary/aromatic N) is 4. The molecule has 1 amide bonds. The third-order valence-corrected chi connectivity index (χ3v) is 5.19. The molecule has 1 N–H and O–H groups in total. The molecule has 172 valence electrons. The van der Waals surface area contributed by atoms with Crippen molar-refractivity contribution in [1.82, 2.24) is 14.8 Å². The van der Waals surface area contributed by atoms with Crippen LogP contribution in [-0.2, 0) is 12.7 Å². The van der Waals surface area contributed by atoms with Crippen LogP contribution in [0.3, 0.4) is 0 Å². The Morgan fingerprint density at radius 1 is 1.26 bits per heavy atom. The van der Waals surface area contributed by atoms with E-state index in [4.69, 9.17) is 16.0 Å². The second kappa shape index (κ2) is 8.99. The molecule has 12 heteroatoms. The number of halogens is 5. The van der Waals surface area contributed by atoms with E-state index in [1.807, 2.05) is 6.07 Å². The first-order valence-corrected chi connectivity index (χ1v) is 9.86. The van der Waals surface area contributed by atoms with Crippen LogP contribution in [0.15, 0.2) is 59.7 Å². The number of pyridine rings is 1. The van der Waals surface area contributed by atoms with Crippen LogP contribution in [0.2, 0.25) is 5.02 Å². The first-order valence-electron chi connectivity index (χ1n) is 9.49. The molecular weight excluding hydrogens is 478 g/mol. The van der Waals surface area contributed by atoms with E-state index in [9.17, 15) is 27.6 Å². The van der Waals surface area contributed by atoms with Gasteiger partial charge in [-0.05, 0) is 23.8 Å². The third kappa shape index (κ3) is 4.49. The van der Waals surface area contributed by atoms with E-state index in [1.54, 1.807) is 6.07 Å². The zero-order chi connectivity index (χ0) is 24.5. The highest BCUT2D eigenvalue weighted by atomic mass is 35.5. The monoisotopic (exact) mass is 489 g/mol. The van der Waals surface area contributed by atoms with E-state index in [0.29, 0.717) is 10.2 Å². The zero-order valence-corrected chi connectivity index (χ0v) is 17.7. The lowest BCUT2D eigenvalue weighted by molar-refractivity contribution is -0.144. The lowest BCUT2D eigenvalue weighted by atomic mass is 10.1. The number of rotatable bonds is 5. The summed E-state index contributed by atoms with van der Waals surface area (Å²) in [6.07, 6.45) is -0.239. The number of anilines is 1. The lowest BCUT2D eigenvalue weighted by Crippen LogP contribution is -2.22. The number of alkyl halides is 3. The normalized spacial score (nSPS) is 11.3. The quantitative estimate of drug-likeness (QED) is 0.372. The number of carbonyl (C=O) groups excluding carboxylic acids is 1. The second-order valence-corrected chi connectivity index (χ2v) is 7.35. The van der Waals surface area contributed by atoms with Gasteiger partial charge in [-0.1, -0.05) is 23.7 Å². The molecule has 3 aromatic heterocycles. The molecule has 0 unspecified atom stereocenters. The molecule has 0 bridgehead atoms. The fourth-order valence-electron chi connectivity index (χ4n) is 3.25. The van der Waals surface area contributed by atoms with Gasteiger partial charge in [0, 0.05) is 5.56 Å². The van der Waals surface area contributed by atoms with Crippen molar-refractivity contribution in [2.75, 3.05) is 5.32 Å². The Bertz CT molecular complexity index is 1410. The largest absolute Gasteiger partial charge is 0.472 e. The van der Waals surface area contributed by atoms with E-state index in [2.05, 4.69) is 15.4 Å². The Morgan fingerprint density at radius 2 is 2.06 bits per heavy atom. The van der Waals surface area contributed by atoms with Gasteiger partial charge in [0.15, 0.2) is 5.69 Å². The Labute approximate surface area is 194 Å². The standard InChI is InChI=1S/C22H12ClF4N5O2/c23-18-12(2-1-3-17(18)24)10-32-20(22(25,26)27)16(9-30-32)21(33)31-15-6-14(7-28)19(29-8-15)13-4-5-34-11-13/h1-6,8-9,11H,10H2,(H,31,33). The molecule has 0 radical (unpaired) electrons. The van der Waals surface area contributed by atoms with Crippen molar-refractivity contribution in [3.63, 3.8) is 0 Å². The summed E-state index contributed by atoms with van der Waals surface area (Å²) < 4.78 is 60.7. The van der Waals surface area contributed by atoms with Gasteiger partial charge in [-0.2, -0.15) is 23.5 Å². The Balaban J connectivity index is 1.65. The summed E-state index contributed by atoms with van der Waals surface area (Å²) in [6, 6.07) is 8.49. The smallest absolute Gasteiger partial charge is 0.433 e. The number of hydrogen-bond acceptors (Lipinski definition) is 5. The van der Waals surface area contributed by atoms with Gasteiger partial charge >= 0.3 is 6.18 Å². The molecule has 1 aromatic carbocycles. The molecule has 0 fully saturated rings. The van der Waals surface area contributed by atoms with Crippen molar-refractivity contribution in [2.24, 2.45) is 0 Å². The van der Waals surface area contributed by atoms with Gasteiger partial charge in [-0.15, -0.1) is 0 Å². The molecular formula is C22H12ClF4N5O2. The maximum atomic E-state index is 13.8. The van der Waals surface area contributed by atoms with E-state index >= 15 is 0 Å². The summed E-state index contributed by atoms with van der Waals surface area (Å²) in [5, 5.41) is 15.0. The highest BCUT2D eigenvalue weighted by Crippen LogP contribution is 2.34. The number of furan rings is 1. The van der Waals surface area contributed by atoms with Crippen LogP contribution in [0.1, 0.15) is 27.2 Å². The number of amides is 1. The van der Waals surface area contributed by atoms with Crippen molar-refractivity contribution in [1.29, 1.82) is 5.26 Å².